The molecule has 1 aromatic heterocycles. The third-order valence-electron chi connectivity index (χ3n) is 15.2. The topological polar surface area (TPSA) is 307 Å². The molecule has 21 nitrogen and oxygen atoms in total. The van der Waals surface area contributed by atoms with Crippen LogP contribution >= 0.6 is 18.9 Å². The molecule has 3 saturated heterocycles. The minimum atomic E-state index is -5.93. The number of fused-ring (bicyclic) bond motifs is 3. The fourth-order valence-electron chi connectivity index (χ4n) is 10.9. The molecule has 434 valence electrons. The van der Waals surface area contributed by atoms with Crippen LogP contribution in [0.25, 0.3) is 10.1 Å². The van der Waals surface area contributed by atoms with Crippen molar-refractivity contribution in [3.05, 3.63) is 141 Å². The molecule has 0 aliphatic carbocycles. The Bertz CT molecular complexity index is 3440. The van der Waals surface area contributed by atoms with Gasteiger partial charge < -0.3 is 51.5 Å². The number of nitrogens with two attached hydrogens (primary N) is 1. The molecular formula is C58H60F2N9O12PS. The molecule has 4 aliphatic rings. The lowest BCUT2D eigenvalue weighted by atomic mass is 9.98. The summed E-state index contributed by atoms with van der Waals surface area (Å²) in [6, 6.07) is 21.0. The number of hydrogen-bond donors (Lipinski definition) is 8. The fraction of sp³-hybridized carbons (Fsp3) is 0.362. The zero-order valence-electron chi connectivity index (χ0n) is 44.7. The summed E-state index contributed by atoms with van der Waals surface area (Å²) >= 11 is 0.858. The molecule has 5 aromatic rings. The number of hydrogen-bond acceptors (Lipinski definition) is 11. The van der Waals surface area contributed by atoms with Gasteiger partial charge in [-0.1, -0.05) is 84.6 Å². The second-order valence-corrected chi connectivity index (χ2v) is 23.5. The van der Waals surface area contributed by atoms with Crippen molar-refractivity contribution >= 4 is 82.3 Å². The summed E-state index contributed by atoms with van der Waals surface area (Å²) in [5, 5.41) is 13.7. The minimum absolute atomic E-state index is 0.0605. The lowest BCUT2D eigenvalue weighted by molar-refractivity contribution is -0.143. The van der Waals surface area contributed by atoms with Gasteiger partial charge >= 0.3 is 19.3 Å². The zero-order valence-corrected chi connectivity index (χ0v) is 46.4. The predicted molar refractivity (Wildman–Crippen MR) is 299 cm³/mol. The van der Waals surface area contributed by atoms with Gasteiger partial charge in [-0.15, -0.1) is 11.3 Å². The minimum Gasteiger partial charge on any atom is -0.370 e. The molecule has 9 rings (SSSR count). The van der Waals surface area contributed by atoms with E-state index in [2.05, 4.69) is 38.4 Å². The Labute approximate surface area is 479 Å². The first-order chi connectivity index (χ1) is 39.7. The highest BCUT2D eigenvalue weighted by Gasteiger charge is 2.51. The normalized spacial score (nSPS) is 19.4. The highest BCUT2D eigenvalue weighted by molar-refractivity contribution is 7.52. The van der Waals surface area contributed by atoms with Crippen molar-refractivity contribution in [3.63, 3.8) is 0 Å². The van der Waals surface area contributed by atoms with Crippen LogP contribution in [0, 0.1) is 11.8 Å². The Balaban J connectivity index is 0.888. The van der Waals surface area contributed by atoms with Crippen LogP contribution in [0.4, 0.5) is 13.6 Å². The number of carbonyl (C=O) groups excluding carboxylic acids is 9. The first-order valence-electron chi connectivity index (χ1n) is 27.1. The number of alkyl halides is 2. The summed E-state index contributed by atoms with van der Waals surface area (Å²) in [4.78, 5) is 144. The molecule has 5 heterocycles. The molecule has 9 N–H and O–H groups in total. The summed E-state index contributed by atoms with van der Waals surface area (Å²) < 4.78 is 41.5. The van der Waals surface area contributed by atoms with Crippen LogP contribution in [0.15, 0.2) is 103 Å². The monoisotopic (exact) mass is 1180 g/mol. The number of imide groups is 1. The van der Waals surface area contributed by atoms with Crippen LogP contribution in [-0.4, -0.2) is 128 Å². The predicted octanol–water partition coefficient (Wildman–Crippen LogP) is 4.64. The maximum atomic E-state index is 15.0. The van der Waals surface area contributed by atoms with Crippen molar-refractivity contribution in [1.29, 1.82) is 0 Å². The van der Waals surface area contributed by atoms with E-state index in [4.69, 9.17) is 5.73 Å². The number of urea groups is 1. The maximum absolute atomic E-state index is 15.0. The molecule has 4 aromatic carbocycles. The molecule has 2 unspecified atom stereocenters. The summed E-state index contributed by atoms with van der Waals surface area (Å²) in [7, 11) is -5.93. The Kier molecular flexibility index (Phi) is 18.2. The molecule has 0 bridgehead atoms. The first kappa shape index (κ1) is 59.3. The number of amides is 10. The van der Waals surface area contributed by atoms with Gasteiger partial charge in [0.05, 0.1) is 17.5 Å². The van der Waals surface area contributed by atoms with E-state index in [1.807, 2.05) is 60.7 Å². The lowest BCUT2D eigenvalue weighted by Gasteiger charge is -2.39. The zero-order chi connectivity index (χ0) is 59.2. The molecule has 4 aliphatic heterocycles. The quantitative estimate of drug-likeness (QED) is 0.0258. The van der Waals surface area contributed by atoms with Crippen molar-refractivity contribution < 1.29 is 66.3 Å². The van der Waals surface area contributed by atoms with E-state index in [1.54, 1.807) is 18.2 Å². The van der Waals surface area contributed by atoms with E-state index in [0.717, 1.165) is 34.6 Å². The average molecular weight is 1180 g/mol. The van der Waals surface area contributed by atoms with Crippen LogP contribution in [0.1, 0.15) is 118 Å². The van der Waals surface area contributed by atoms with E-state index in [0.29, 0.717) is 47.1 Å². The van der Waals surface area contributed by atoms with E-state index in [9.17, 15) is 61.5 Å². The summed E-state index contributed by atoms with van der Waals surface area (Å²) in [5.74, 6) is 1.42. The molecule has 25 heteroatoms. The van der Waals surface area contributed by atoms with Crippen LogP contribution < -0.4 is 32.3 Å². The van der Waals surface area contributed by atoms with Gasteiger partial charge in [-0.25, -0.2) is 4.79 Å². The summed E-state index contributed by atoms with van der Waals surface area (Å²) in [6.45, 7) is 0.0614. The number of nitrogens with zero attached hydrogens (tertiary/aromatic N) is 3. The largest absolute Gasteiger partial charge is 0.399 e. The van der Waals surface area contributed by atoms with Gasteiger partial charge in [-0.2, -0.15) is 8.78 Å². The molecule has 0 saturated carbocycles. The van der Waals surface area contributed by atoms with Crippen LogP contribution in [0.5, 0.6) is 0 Å². The third kappa shape index (κ3) is 13.4. The molecule has 10 amide bonds. The second-order valence-electron chi connectivity index (χ2n) is 20.8. The van der Waals surface area contributed by atoms with Crippen molar-refractivity contribution in [1.82, 2.24) is 41.3 Å². The Morgan fingerprint density at radius 3 is 2.28 bits per heavy atom. The van der Waals surface area contributed by atoms with Crippen LogP contribution in [-0.2, 0) is 45.5 Å². The molecule has 0 radical (unpaired) electrons. The van der Waals surface area contributed by atoms with Gasteiger partial charge in [0.15, 0.2) is 0 Å². The van der Waals surface area contributed by atoms with Crippen LogP contribution in [0.2, 0.25) is 0 Å². The second kappa shape index (κ2) is 25.4. The van der Waals surface area contributed by atoms with Gasteiger partial charge in [0.2, 0.25) is 35.4 Å². The molecule has 5 atom stereocenters. The standard InChI is InChI=1S/C58H60F2N9O12PS/c59-58(60,82(79,80)81)38-19-24-46-37(30-38)31-47(83-46)54(75)64-43-33-67(57(78)62-28-10-2-1-5-12-34-17-11-18-40-41(34)32-68(55(40)76)44-23-26-49(71)65-52(44)73)29-27-39-20-22-45(69(39)56(43)77)53(74)63-42(21-25-48(61)70)51(72)66-50(35-13-6-3-7-14-35)36-15-8-4-9-16-36/h3-4,6-9,11,13-19,24,30-31,39,42-45,50H,1-2,10,20-23,25-29,32-33H2,(H2,61,70)(H,62,78)(H,63,74)(H,64,75)(H,66,72)(H,65,71,73)(H2,79,80,81)/t39-,42?,43+,44?,45+/m1/s1. The number of nitrogens with one attached hydrogen (secondary N) is 5. The number of carbonyl (C=O) groups is 9. The van der Waals surface area contributed by atoms with Gasteiger partial charge in [-0.3, -0.25) is 48.2 Å². The maximum Gasteiger partial charge on any atom is 0.399 e. The fourth-order valence-corrected chi connectivity index (χ4v) is 12.3. The summed E-state index contributed by atoms with van der Waals surface area (Å²) in [6.07, 6.45) is 2.02. The van der Waals surface area contributed by atoms with Crippen molar-refractivity contribution in [2.75, 3.05) is 19.6 Å². The van der Waals surface area contributed by atoms with E-state index < -0.39 is 96.5 Å². The van der Waals surface area contributed by atoms with Crippen molar-refractivity contribution in [2.24, 2.45) is 5.73 Å². The van der Waals surface area contributed by atoms with Gasteiger partial charge in [0.1, 0.15) is 24.2 Å². The third-order valence-corrected chi connectivity index (χ3v) is 17.3. The summed E-state index contributed by atoms with van der Waals surface area (Å²) in [5.41, 5.74) is 3.27. The van der Waals surface area contributed by atoms with Crippen LogP contribution in [0.3, 0.4) is 0 Å². The first-order valence-corrected chi connectivity index (χ1v) is 29.5. The van der Waals surface area contributed by atoms with Crippen molar-refractivity contribution in [3.8, 4) is 11.8 Å². The van der Waals surface area contributed by atoms with Gasteiger partial charge in [0, 0.05) is 66.3 Å². The molecule has 3 fully saturated rings. The number of unbranched alkanes of at least 4 members (excludes halogenated alkanes) is 2. The number of halogens is 2. The molecule has 83 heavy (non-hydrogen) atoms. The Morgan fingerprint density at radius 2 is 1.59 bits per heavy atom. The number of piperidine rings is 1. The Hall–Kier alpha value is -8.36. The Morgan fingerprint density at radius 1 is 0.867 bits per heavy atom. The molecule has 0 spiro atoms. The molecular weight excluding hydrogens is 1120 g/mol. The van der Waals surface area contributed by atoms with Gasteiger partial charge in [0.25, 0.3) is 11.8 Å². The van der Waals surface area contributed by atoms with Gasteiger partial charge in [-0.05, 0) is 97.4 Å². The number of benzene rings is 4. The number of thiophene rings is 1. The average Bonchev–Trinajstić information content (AvgIpc) is 4.43. The number of rotatable bonds is 18. The van der Waals surface area contributed by atoms with E-state index in [-0.39, 0.29) is 86.8 Å². The highest BCUT2D eigenvalue weighted by Crippen LogP contribution is 2.59. The smallest absolute Gasteiger partial charge is 0.370 e. The highest BCUT2D eigenvalue weighted by atomic mass is 32.1. The lowest BCUT2D eigenvalue weighted by Crippen LogP contribution is -2.62. The van der Waals surface area contributed by atoms with Crippen molar-refractivity contribution in [2.45, 2.75) is 113 Å². The van der Waals surface area contributed by atoms with E-state index in [1.165, 1.54) is 26.8 Å². The van der Waals surface area contributed by atoms with E-state index >= 15 is 4.79 Å². The number of primary amides is 1. The SMILES string of the molecule is NC(=O)CCC(NC(=O)[C@@H]1CC[C@@H]2CCN(C(=O)NCCCCC#Cc3cccc4c3CN(C3CCC(=O)NC3=O)C4=O)C[C@H](NC(=O)c3cc4cc(C(F)(F)P(=O)(O)O)ccc4s3)C(=O)N21)C(=O)NC(c1ccccc1)c1ccccc1.